The van der Waals surface area contributed by atoms with E-state index < -0.39 is 29.0 Å². The molecule has 1 atom stereocenters. The maximum Gasteiger partial charge on any atom is 0.408 e. The summed E-state index contributed by atoms with van der Waals surface area (Å²) in [5, 5.41) is 15.0. The predicted molar refractivity (Wildman–Crippen MR) is 127 cm³/mol. The highest BCUT2D eigenvalue weighted by Gasteiger charge is 2.46. The molecule has 2 amide bonds. The summed E-state index contributed by atoms with van der Waals surface area (Å²) in [4.78, 5) is 38.0. The van der Waals surface area contributed by atoms with Crippen molar-refractivity contribution in [3.8, 4) is 11.1 Å². The number of amides is 2. The van der Waals surface area contributed by atoms with Crippen LogP contribution in [0.4, 0.5) is 4.79 Å². The first-order valence-corrected chi connectivity index (χ1v) is 11.6. The SMILES string of the molecule is COCC(C)(NC(=O)OCC1c2ccccc2-c2ccccc21)C(=O)NC1(C(=O)O)CCOCC1. The second-order valence-corrected chi connectivity index (χ2v) is 9.17. The van der Waals surface area contributed by atoms with Crippen LogP contribution in [0.5, 0.6) is 0 Å². The van der Waals surface area contributed by atoms with Gasteiger partial charge in [-0.05, 0) is 29.2 Å². The van der Waals surface area contributed by atoms with E-state index in [4.69, 9.17) is 14.2 Å². The van der Waals surface area contributed by atoms with Gasteiger partial charge in [-0.3, -0.25) is 4.79 Å². The number of nitrogens with one attached hydrogen (secondary N) is 2. The fourth-order valence-corrected chi connectivity index (χ4v) is 4.77. The Morgan fingerprint density at radius 1 is 1.06 bits per heavy atom. The quantitative estimate of drug-likeness (QED) is 0.529. The lowest BCUT2D eigenvalue weighted by molar-refractivity contribution is -0.153. The molecule has 1 aliphatic heterocycles. The lowest BCUT2D eigenvalue weighted by Crippen LogP contribution is -2.66. The molecule has 1 heterocycles. The number of ether oxygens (including phenoxy) is 3. The number of carbonyl (C=O) groups excluding carboxylic acids is 2. The average molecular weight is 483 g/mol. The van der Waals surface area contributed by atoms with E-state index >= 15 is 0 Å². The van der Waals surface area contributed by atoms with E-state index in [0.29, 0.717) is 0 Å². The Hall–Kier alpha value is -3.43. The monoisotopic (exact) mass is 482 g/mol. The van der Waals surface area contributed by atoms with Crippen molar-refractivity contribution in [3.63, 3.8) is 0 Å². The van der Waals surface area contributed by atoms with Gasteiger partial charge in [0.05, 0.1) is 6.61 Å². The molecule has 0 saturated carbocycles. The molecule has 3 N–H and O–H groups in total. The summed E-state index contributed by atoms with van der Waals surface area (Å²) < 4.78 is 16.0. The van der Waals surface area contributed by atoms with Gasteiger partial charge in [0, 0.05) is 39.1 Å². The first kappa shape index (κ1) is 24.7. The summed E-state index contributed by atoms with van der Waals surface area (Å²) in [6.07, 6.45) is -0.539. The molecule has 2 aliphatic rings. The topological polar surface area (TPSA) is 123 Å². The number of hydrogen-bond donors (Lipinski definition) is 3. The van der Waals surface area contributed by atoms with Crippen molar-refractivity contribution in [2.24, 2.45) is 0 Å². The number of methoxy groups -OCH3 is 1. The van der Waals surface area contributed by atoms with E-state index in [1.54, 1.807) is 0 Å². The van der Waals surface area contributed by atoms with Crippen LogP contribution in [-0.2, 0) is 23.8 Å². The van der Waals surface area contributed by atoms with Crippen molar-refractivity contribution in [2.75, 3.05) is 33.5 Å². The molecule has 0 bridgehead atoms. The van der Waals surface area contributed by atoms with Gasteiger partial charge in [-0.2, -0.15) is 0 Å². The smallest absolute Gasteiger partial charge is 0.408 e. The number of rotatable bonds is 8. The van der Waals surface area contributed by atoms with Gasteiger partial charge in [0.25, 0.3) is 0 Å². The number of alkyl carbamates (subject to hydrolysis) is 1. The van der Waals surface area contributed by atoms with Crippen LogP contribution in [0.2, 0.25) is 0 Å². The van der Waals surface area contributed by atoms with Gasteiger partial charge >= 0.3 is 12.1 Å². The van der Waals surface area contributed by atoms with Gasteiger partial charge in [-0.15, -0.1) is 0 Å². The minimum Gasteiger partial charge on any atom is -0.480 e. The summed E-state index contributed by atoms with van der Waals surface area (Å²) in [7, 11) is 1.40. The minimum atomic E-state index is -1.54. The van der Waals surface area contributed by atoms with E-state index in [2.05, 4.69) is 10.6 Å². The van der Waals surface area contributed by atoms with Crippen molar-refractivity contribution < 1.29 is 33.7 Å². The summed E-state index contributed by atoms with van der Waals surface area (Å²) >= 11 is 0. The first-order chi connectivity index (χ1) is 16.8. The summed E-state index contributed by atoms with van der Waals surface area (Å²) in [6, 6.07) is 16.0. The molecule has 2 aromatic rings. The second-order valence-electron chi connectivity index (χ2n) is 9.17. The fraction of sp³-hybridized carbons (Fsp3) is 0.423. The normalized spacial score (nSPS) is 18.0. The van der Waals surface area contributed by atoms with Crippen molar-refractivity contribution >= 4 is 18.0 Å². The highest BCUT2D eigenvalue weighted by atomic mass is 16.5. The van der Waals surface area contributed by atoms with Gasteiger partial charge in [0.2, 0.25) is 5.91 Å². The third-order valence-electron chi connectivity index (χ3n) is 6.76. The summed E-state index contributed by atoms with van der Waals surface area (Å²) in [5.41, 5.74) is 1.35. The molecule has 1 unspecified atom stereocenters. The Labute approximate surface area is 203 Å². The third kappa shape index (κ3) is 4.87. The van der Waals surface area contributed by atoms with E-state index in [1.165, 1.54) is 14.0 Å². The lowest BCUT2D eigenvalue weighted by Gasteiger charge is -2.37. The van der Waals surface area contributed by atoms with Gasteiger partial charge in [-0.1, -0.05) is 48.5 Å². The molecule has 186 valence electrons. The Morgan fingerprint density at radius 2 is 1.63 bits per heavy atom. The van der Waals surface area contributed by atoms with Crippen molar-refractivity contribution in [3.05, 3.63) is 59.7 Å². The van der Waals surface area contributed by atoms with Crippen molar-refractivity contribution in [2.45, 2.75) is 36.8 Å². The first-order valence-electron chi connectivity index (χ1n) is 11.6. The van der Waals surface area contributed by atoms with E-state index in [9.17, 15) is 19.5 Å². The Kier molecular flexibility index (Phi) is 7.09. The van der Waals surface area contributed by atoms with E-state index in [0.717, 1.165) is 22.3 Å². The van der Waals surface area contributed by atoms with Crippen LogP contribution < -0.4 is 10.6 Å². The number of fused-ring (bicyclic) bond motifs is 3. The number of carbonyl (C=O) groups is 3. The molecule has 0 spiro atoms. The van der Waals surface area contributed by atoms with Gasteiger partial charge in [0.15, 0.2) is 0 Å². The van der Waals surface area contributed by atoms with Crippen LogP contribution in [0.15, 0.2) is 48.5 Å². The van der Waals surface area contributed by atoms with Crippen LogP contribution in [-0.4, -0.2) is 67.7 Å². The van der Waals surface area contributed by atoms with Crippen LogP contribution in [0, 0.1) is 0 Å². The van der Waals surface area contributed by atoms with E-state index in [-0.39, 0.29) is 45.2 Å². The zero-order valence-electron chi connectivity index (χ0n) is 19.8. The molecule has 1 saturated heterocycles. The zero-order valence-corrected chi connectivity index (χ0v) is 19.8. The van der Waals surface area contributed by atoms with Crippen molar-refractivity contribution in [1.82, 2.24) is 10.6 Å². The van der Waals surface area contributed by atoms with Crippen molar-refractivity contribution in [1.29, 1.82) is 0 Å². The molecule has 35 heavy (non-hydrogen) atoms. The molecule has 1 aliphatic carbocycles. The molecule has 9 nitrogen and oxygen atoms in total. The number of hydrogen-bond acceptors (Lipinski definition) is 6. The number of carboxylic acid groups (broad SMARTS) is 1. The molecule has 2 aromatic carbocycles. The van der Waals surface area contributed by atoms with Gasteiger partial charge in [0.1, 0.15) is 17.7 Å². The summed E-state index contributed by atoms with van der Waals surface area (Å²) in [5.74, 6) is -1.94. The molecule has 9 heteroatoms. The standard InChI is InChI=1S/C26H30N2O7/c1-25(16-33-2,22(29)27-26(23(30)31)11-13-34-14-12-26)28-24(32)35-15-21-19-9-5-3-7-17(19)18-8-4-6-10-20(18)21/h3-10,21H,11-16H2,1-2H3,(H,27,29)(H,28,32)(H,30,31). The Bertz CT molecular complexity index is 1070. The maximum absolute atomic E-state index is 13.2. The number of carboxylic acids is 1. The highest BCUT2D eigenvalue weighted by molar-refractivity contribution is 5.94. The maximum atomic E-state index is 13.2. The van der Waals surface area contributed by atoms with Gasteiger partial charge in [-0.25, -0.2) is 9.59 Å². The number of aliphatic carboxylic acids is 1. The second kappa shape index (κ2) is 10.1. The average Bonchev–Trinajstić information content (AvgIpc) is 3.17. The molecule has 4 rings (SSSR count). The Balaban J connectivity index is 1.45. The molecule has 1 fully saturated rings. The van der Waals surface area contributed by atoms with Crippen LogP contribution in [0.1, 0.15) is 36.8 Å². The summed E-state index contributed by atoms with van der Waals surface area (Å²) in [6.45, 7) is 1.82. The van der Waals surface area contributed by atoms with E-state index in [1.807, 2.05) is 48.5 Å². The fourth-order valence-electron chi connectivity index (χ4n) is 4.77. The molecule has 0 radical (unpaired) electrons. The molecular weight excluding hydrogens is 452 g/mol. The lowest BCUT2D eigenvalue weighted by atomic mass is 9.88. The third-order valence-corrected chi connectivity index (χ3v) is 6.76. The predicted octanol–water partition coefficient (Wildman–Crippen LogP) is 2.68. The molecule has 0 aromatic heterocycles. The minimum absolute atomic E-state index is 0.0843. The van der Waals surface area contributed by atoms with Crippen LogP contribution in [0.25, 0.3) is 11.1 Å². The molecular formula is C26H30N2O7. The van der Waals surface area contributed by atoms with Crippen LogP contribution in [0.3, 0.4) is 0 Å². The Morgan fingerprint density at radius 3 is 2.17 bits per heavy atom. The largest absolute Gasteiger partial charge is 0.480 e. The van der Waals surface area contributed by atoms with Gasteiger partial charge < -0.3 is 30.0 Å². The highest BCUT2D eigenvalue weighted by Crippen LogP contribution is 2.44. The zero-order chi connectivity index (χ0) is 25.1. The number of benzene rings is 2. The van der Waals surface area contributed by atoms with Crippen LogP contribution >= 0.6 is 0 Å².